The lowest BCUT2D eigenvalue weighted by Gasteiger charge is -2.25. The molecule has 0 bridgehead atoms. The maximum atomic E-state index is 11.9. The van der Waals surface area contributed by atoms with Gasteiger partial charge in [0.15, 0.2) is 11.5 Å². The highest BCUT2D eigenvalue weighted by molar-refractivity contribution is 5.91. The number of aliphatic hydroxyl groups excluding tert-OH is 1. The lowest BCUT2D eigenvalue weighted by molar-refractivity contribution is -0.116. The van der Waals surface area contributed by atoms with E-state index in [0.29, 0.717) is 30.2 Å². The number of benzene rings is 1. The molecule has 6 nitrogen and oxygen atoms in total. The first-order valence-electron chi connectivity index (χ1n) is 8.17. The van der Waals surface area contributed by atoms with E-state index in [1.165, 1.54) is 27.4 Å². The van der Waals surface area contributed by atoms with E-state index in [1.807, 2.05) is 20.8 Å². The summed E-state index contributed by atoms with van der Waals surface area (Å²) in [5, 5.41) is 12.7. The second-order valence-electron chi connectivity index (χ2n) is 6.75. The maximum absolute atomic E-state index is 11.9. The van der Waals surface area contributed by atoms with Crippen LogP contribution in [0.3, 0.4) is 0 Å². The van der Waals surface area contributed by atoms with Crippen LogP contribution in [0.25, 0.3) is 6.08 Å². The molecule has 0 aromatic heterocycles. The lowest BCUT2D eigenvalue weighted by atomic mass is 9.87. The fourth-order valence-electron chi connectivity index (χ4n) is 2.19. The number of carbonyl (C=O) groups excluding carboxylic acids is 1. The molecule has 0 heterocycles. The van der Waals surface area contributed by atoms with E-state index >= 15 is 0 Å². The molecule has 0 saturated heterocycles. The standard InChI is InChI=1S/C19H29NO5/c1-19(2,3)16(21)9-10-20-17(22)8-7-13-11-14(23-4)18(25-6)15(12-13)24-5/h7-8,11-12,16,21H,9-10H2,1-6H3,(H,20,22)/b8-7+. The molecule has 0 fully saturated rings. The van der Waals surface area contributed by atoms with Gasteiger partial charge in [0, 0.05) is 12.6 Å². The Labute approximate surface area is 149 Å². The third-order valence-corrected chi connectivity index (χ3v) is 3.83. The van der Waals surface area contributed by atoms with Crippen molar-refractivity contribution in [3.8, 4) is 17.2 Å². The fourth-order valence-corrected chi connectivity index (χ4v) is 2.19. The number of hydrogen-bond donors (Lipinski definition) is 2. The van der Waals surface area contributed by atoms with Gasteiger partial charge in [-0.3, -0.25) is 4.79 Å². The predicted octanol–water partition coefficient (Wildman–Crippen LogP) is 2.64. The van der Waals surface area contributed by atoms with E-state index in [0.717, 1.165) is 5.56 Å². The van der Waals surface area contributed by atoms with Crippen molar-refractivity contribution in [3.63, 3.8) is 0 Å². The molecule has 1 amide bonds. The van der Waals surface area contributed by atoms with Crippen LogP contribution in [0.4, 0.5) is 0 Å². The second-order valence-corrected chi connectivity index (χ2v) is 6.75. The second kappa shape index (κ2) is 9.32. The molecule has 0 radical (unpaired) electrons. The van der Waals surface area contributed by atoms with Crippen LogP contribution in [0, 0.1) is 5.41 Å². The zero-order valence-electron chi connectivity index (χ0n) is 15.9. The molecule has 1 unspecified atom stereocenters. The largest absolute Gasteiger partial charge is 0.493 e. The van der Waals surface area contributed by atoms with Gasteiger partial charge in [0.05, 0.1) is 27.4 Å². The summed E-state index contributed by atoms with van der Waals surface area (Å²) in [6.45, 7) is 6.30. The first-order chi connectivity index (χ1) is 11.7. The van der Waals surface area contributed by atoms with E-state index in [2.05, 4.69) is 5.32 Å². The molecule has 0 aliphatic carbocycles. The molecule has 0 spiro atoms. The molecule has 0 aliphatic heterocycles. The lowest BCUT2D eigenvalue weighted by Crippen LogP contribution is -2.31. The van der Waals surface area contributed by atoms with E-state index in [9.17, 15) is 9.90 Å². The van der Waals surface area contributed by atoms with E-state index in [4.69, 9.17) is 14.2 Å². The van der Waals surface area contributed by atoms with E-state index < -0.39 is 6.10 Å². The zero-order chi connectivity index (χ0) is 19.0. The molecular weight excluding hydrogens is 322 g/mol. The number of hydrogen-bond acceptors (Lipinski definition) is 5. The number of methoxy groups -OCH3 is 3. The van der Waals surface area contributed by atoms with Gasteiger partial charge < -0.3 is 24.6 Å². The van der Waals surface area contributed by atoms with Gasteiger partial charge >= 0.3 is 0 Å². The molecule has 1 rings (SSSR count). The van der Waals surface area contributed by atoms with Crippen LogP contribution in [-0.2, 0) is 4.79 Å². The van der Waals surface area contributed by atoms with Gasteiger partial charge in [-0.15, -0.1) is 0 Å². The monoisotopic (exact) mass is 351 g/mol. The van der Waals surface area contributed by atoms with Crippen molar-refractivity contribution in [2.75, 3.05) is 27.9 Å². The summed E-state index contributed by atoms with van der Waals surface area (Å²) in [5.74, 6) is 1.32. The van der Waals surface area contributed by atoms with E-state index in [-0.39, 0.29) is 11.3 Å². The SMILES string of the molecule is COc1cc(/C=C/C(=O)NCCC(O)C(C)(C)C)cc(OC)c1OC. The molecule has 1 aromatic carbocycles. The molecule has 0 aliphatic rings. The molecule has 25 heavy (non-hydrogen) atoms. The van der Waals surface area contributed by atoms with Crippen molar-refractivity contribution in [1.82, 2.24) is 5.32 Å². The summed E-state index contributed by atoms with van der Waals surface area (Å²) in [7, 11) is 4.62. The topological polar surface area (TPSA) is 77.0 Å². The quantitative estimate of drug-likeness (QED) is 0.704. The zero-order valence-corrected chi connectivity index (χ0v) is 15.9. The van der Waals surface area contributed by atoms with Crippen LogP contribution < -0.4 is 19.5 Å². The Morgan fingerprint density at radius 3 is 2.16 bits per heavy atom. The molecular formula is C19H29NO5. The van der Waals surface area contributed by atoms with Crippen LogP contribution in [0.2, 0.25) is 0 Å². The number of ether oxygens (including phenoxy) is 3. The third kappa shape index (κ3) is 6.31. The third-order valence-electron chi connectivity index (χ3n) is 3.83. The van der Waals surface area contributed by atoms with Gasteiger partial charge in [0.2, 0.25) is 11.7 Å². The van der Waals surface area contributed by atoms with Crippen LogP contribution in [0.1, 0.15) is 32.8 Å². The average molecular weight is 351 g/mol. The van der Waals surface area contributed by atoms with Gasteiger partial charge in [0.25, 0.3) is 0 Å². The van der Waals surface area contributed by atoms with Crippen LogP contribution in [-0.4, -0.2) is 45.0 Å². The van der Waals surface area contributed by atoms with Gasteiger partial charge in [-0.2, -0.15) is 0 Å². The number of aliphatic hydroxyl groups is 1. The highest BCUT2D eigenvalue weighted by Gasteiger charge is 2.21. The summed E-state index contributed by atoms with van der Waals surface area (Å²) in [5.41, 5.74) is 0.552. The Hall–Kier alpha value is -2.21. The molecule has 6 heteroatoms. The minimum Gasteiger partial charge on any atom is -0.493 e. The Bertz CT molecular complexity index is 579. The molecule has 2 N–H and O–H groups in total. The van der Waals surface area contributed by atoms with Crippen molar-refractivity contribution < 1.29 is 24.1 Å². The van der Waals surface area contributed by atoms with Crippen molar-refractivity contribution in [2.24, 2.45) is 5.41 Å². The molecule has 1 aromatic rings. The van der Waals surface area contributed by atoms with Crippen LogP contribution in [0.15, 0.2) is 18.2 Å². The van der Waals surface area contributed by atoms with Gasteiger partial charge in [0.1, 0.15) is 0 Å². The molecule has 0 saturated carbocycles. The minimum absolute atomic E-state index is 0.198. The first kappa shape index (κ1) is 20.8. The fraction of sp³-hybridized carbons (Fsp3) is 0.526. The van der Waals surface area contributed by atoms with Crippen LogP contribution >= 0.6 is 0 Å². The summed E-state index contributed by atoms with van der Waals surface area (Å²) in [4.78, 5) is 11.9. The molecule has 1 atom stereocenters. The Morgan fingerprint density at radius 1 is 1.16 bits per heavy atom. The maximum Gasteiger partial charge on any atom is 0.244 e. The number of amides is 1. The minimum atomic E-state index is -0.466. The molecule has 140 valence electrons. The van der Waals surface area contributed by atoms with Gasteiger partial charge in [-0.05, 0) is 35.6 Å². The number of nitrogens with one attached hydrogen (secondary N) is 1. The Balaban J connectivity index is 2.70. The smallest absolute Gasteiger partial charge is 0.244 e. The normalized spacial score (nSPS) is 12.8. The summed E-state index contributed by atoms with van der Waals surface area (Å²) in [6.07, 6.45) is 3.14. The Kier molecular flexibility index (Phi) is 7.77. The first-order valence-corrected chi connectivity index (χ1v) is 8.17. The van der Waals surface area contributed by atoms with Crippen molar-refractivity contribution in [2.45, 2.75) is 33.3 Å². The van der Waals surface area contributed by atoms with Crippen molar-refractivity contribution in [1.29, 1.82) is 0 Å². The Morgan fingerprint density at radius 2 is 1.72 bits per heavy atom. The van der Waals surface area contributed by atoms with Gasteiger partial charge in [-0.25, -0.2) is 0 Å². The predicted molar refractivity (Wildman–Crippen MR) is 98.2 cm³/mol. The highest BCUT2D eigenvalue weighted by Crippen LogP contribution is 2.38. The number of carbonyl (C=O) groups is 1. The van der Waals surface area contributed by atoms with Gasteiger partial charge in [-0.1, -0.05) is 20.8 Å². The van der Waals surface area contributed by atoms with Crippen molar-refractivity contribution in [3.05, 3.63) is 23.8 Å². The summed E-state index contributed by atoms with van der Waals surface area (Å²) in [6, 6.07) is 3.52. The highest BCUT2D eigenvalue weighted by atomic mass is 16.5. The van der Waals surface area contributed by atoms with E-state index in [1.54, 1.807) is 18.2 Å². The summed E-state index contributed by atoms with van der Waals surface area (Å²) >= 11 is 0. The summed E-state index contributed by atoms with van der Waals surface area (Å²) < 4.78 is 15.8. The average Bonchev–Trinajstić information content (AvgIpc) is 2.57. The number of rotatable bonds is 8. The van der Waals surface area contributed by atoms with Crippen LogP contribution in [0.5, 0.6) is 17.2 Å². The van der Waals surface area contributed by atoms with Crippen molar-refractivity contribution >= 4 is 12.0 Å².